The maximum atomic E-state index is 10.6. The van der Waals surface area contributed by atoms with Crippen molar-refractivity contribution in [2.75, 3.05) is 6.61 Å². The number of rotatable bonds is 2. The van der Waals surface area contributed by atoms with Crippen molar-refractivity contribution < 1.29 is 29.3 Å². The molecule has 0 aliphatic carbocycles. The molecule has 7 heteroatoms. The van der Waals surface area contributed by atoms with Crippen LogP contribution in [-0.4, -0.2) is 44.7 Å². The van der Waals surface area contributed by atoms with Crippen molar-refractivity contribution >= 4 is 7.60 Å². The van der Waals surface area contributed by atoms with Gasteiger partial charge in [0, 0.05) is 6.42 Å². The van der Waals surface area contributed by atoms with E-state index in [9.17, 15) is 4.57 Å². The molecule has 3 atom stereocenters. The standard InChI is InChI=1S/C5H11O6P/c6-2-4-3(7)1-5(11-4)12(8,9)10/h3-7H,1-2H2,(H2,8,9,10)/t3-,4+,5+/m0/s1. The molecule has 1 heterocycles. The average molecular weight is 198 g/mol. The van der Waals surface area contributed by atoms with Crippen LogP contribution in [0.1, 0.15) is 6.42 Å². The van der Waals surface area contributed by atoms with E-state index in [1.54, 1.807) is 0 Å². The first kappa shape index (κ1) is 10.1. The maximum Gasteiger partial charge on any atom is 0.354 e. The van der Waals surface area contributed by atoms with Gasteiger partial charge in [-0.15, -0.1) is 0 Å². The van der Waals surface area contributed by atoms with Crippen LogP contribution in [0.5, 0.6) is 0 Å². The van der Waals surface area contributed by atoms with Gasteiger partial charge in [0.1, 0.15) is 6.10 Å². The lowest BCUT2D eigenvalue weighted by molar-refractivity contribution is -0.00857. The van der Waals surface area contributed by atoms with E-state index < -0.39 is 32.3 Å². The molecule has 0 saturated carbocycles. The predicted molar refractivity (Wildman–Crippen MR) is 38.4 cm³/mol. The van der Waals surface area contributed by atoms with Gasteiger partial charge < -0.3 is 24.7 Å². The monoisotopic (exact) mass is 198 g/mol. The SMILES string of the molecule is O=P(O)(O)[C@@H]1C[C@H](O)[C@@H](CO)O1. The van der Waals surface area contributed by atoms with Gasteiger partial charge in [-0.2, -0.15) is 0 Å². The van der Waals surface area contributed by atoms with Crippen LogP contribution in [0.25, 0.3) is 0 Å². The maximum absolute atomic E-state index is 10.6. The zero-order valence-electron chi connectivity index (χ0n) is 6.20. The van der Waals surface area contributed by atoms with E-state index in [1.807, 2.05) is 0 Å². The minimum atomic E-state index is -4.29. The number of aliphatic hydroxyl groups excluding tert-OH is 2. The second kappa shape index (κ2) is 3.41. The first-order valence-electron chi connectivity index (χ1n) is 3.44. The van der Waals surface area contributed by atoms with Crippen LogP contribution in [0.15, 0.2) is 0 Å². The Morgan fingerprint density at radius 2 is 2.08 bits per heavy atom. The minimum absolute atomic E-state index is 0.129. The Morgan fingerprint density at radius 3 is 2.33 bits per heavy atom. The zero-order chi connectivity index (χ0) is 9.35. The van der Waals surface area contributed by atoms with Gasteiger partial charge in [0.05, 0.1) is 12.7 Å². The van der Waals surface area contributed by atoms with Crippen LogP contribution in [-0.2, 0) is 9.30 Å². The highest BCUT2D eigenvalue weighted by molar-refractivity contribution is 7.52. The van der Waals surface area contributed by atoms with Crippen LogP contribution in [0.4, 0.5) is 0 Å². The predicted octanol–water partition coefficient (Wildman–Crippen LogP) is -1.37. The van der Waals surface area contributed by atoms with E-state index >= 15 is 0 Å². The molecule has 1 fully saturated rings. The van der Waals surface area contributed by atoms with Gasteiger partial charge >= 0.3 is 7.60 Å². The highest BCUT2D eigenvalue weighted by Gasteiger charge is 2.42. The molecule has 1 aliphatic rings. The lowest BCUT2D eigenvalue weighted by atomic mass is 10.2. The summed E-state index contributed by atoms with van der Waals surface area (Å²) in [6, 6.07) is 0. The third-order valence-corrected chi connectivity index (χ3v) is 2.84. The highest BCUT2D eigenvalue weighted by atomic mass is 31.2. The lowest BCUT2D eigenvalue weighted by Crippen LogP contribution is -2.24. The summed E-state index contributed by atoms with van der Waals surface area (Å²) in [6.07, 6.45) is -1.99. The largest absolute Gasteiger partial charge is 0.394 e. The number of hydrogen-bond acceptors (Lipinski definition) is 4. The second-order valence-corrected chi connectivity index (χ2v) is 4.46. The minimum Gasteiger partial charge on any atom is -0.394 e. The molecule has 1 aliphatic heterocycles. The van der Waals surface area contributed by atoms with Crippen molar-refractivity contribution in [1.82, 2.24) is 0 Å². The quantitative estimate of drug-likeness (QED) is 0.408. The Morgan fingerprint density at radius 1 is 1.50 bits per heavy atom. The normalized spacial score (nSPS) is 37.2. The molecule has 0 aromatic carbocycles. The third-order valence-electron chi connectivity index (χ3n) is 1.76. The highest BCUT2D eigenvalue weighted by Crippen LogP contribution is 2.47. The molecule has 1 rings (SSSR count). The molecule has 0 bridgehead atoms. The molecule has 0 radical (unpaired) electrons. The Labute approximate surface area is 68.9 Å². The fourth-order valence-corrected chi connectivity index (χ4v) is 1.89. The molecule has 0 aromatic rings. The smallest absolute Gasteiger partial charge is 0.354 e. The molecule has 12 heavy (non-hydrogen) atoms. The molecule has 0 amide bonds. The van der Waals surface area contributed by atoms with Crippen molar-refractivity contribution in [1.29, 1.82) is 0 Å². The molecule has 0 spiro atoms. The molecule has 6 nitrogen and oxygen atoms in total. The van der Waals surface area contributed by atoms with E-state index in [4.69, 9.17) is 24.7 Å². The molecular weight excluding hydrogens is 187 g/mol. The van der Waals surface area contributed by atoms with Gasteiger partial charge in [0.15, 0.2) is 5.85 Å². The van der Waals surface area contributed by atoms with E-state index in [0.717, 1.165) is 0 Å². The molecule has 0 unspecified atom stereocenters. The Balaban J connectivity index is 2.60. The first-order chi connectivity index (χ1) is 5.45. The number of hydrogen-bond donors (Lipinski definition) is 4. The number of ether oxygens (including phenoxy) is 1. The first-order valence-corrected chi connectivity index (χ1v) is 5.13. The van der Waals surface area contributed by atoms with Crippen molar-refractivity contribution in [3.63, 3.8) is 0 Å². The molecular formula is C5H11O6P. The fourth-order valence-electron chi connectivity index (χ4n) is 1.09. The topological polar surface area (TPSA) is 107 Å². The van der Waals surface area contributed by atoms with Crippen LogP contribution in [0.2, 0.25) is 0 Å². The summed E-state index contributed by atoms with van der Waals surface area (Å²) < 4.78 is 15.3. The molecule has 4 N–H and O–H groups in total. The zero-order valence-corrected chi connectivity index (χ0v) is 7.09. The van der Waals surface area contributed by atoms with Gasteiger partial charge in [-0.05, 0) is 0 Å². The van der Waals surface area contributed by atoms with Crippen molar-refractivity contribution in [2.45, 2.75) is 24.5 Å². The summed E-state index contributed by atoms with van der Waals surface area (Å²) in [4.78, 5) is 17.3. The summed E-state index contributed by atoms with van der Waals surface area (Å²) >= 11 is 0. The van der Waals surface area contributed by atoms with Gasteiger partial charge in [0.2, 0.25) is 0 Å². The average Bonchev–Trinajstić information content (AvgIpc) is 2.29. The van der Waals surface area contributed by atoms with Gasteiger partial charge in [-0.3, -0.25) is 4.57 Å². The van der Waals surface area contributed by atoms with Crippen molar-refractivity contribution in [2.24, 2.45) is 0 Å². The van der Waals surface area contributed by atoms with Gasteiger partial charge in [-0.1, -0.05) is 0 Å². The summed E-state index contributed by atoms with van der Waals surface area (Å²) in [5.41, 5.74) is 0. The van der Waals surface area contributed by atoms with Crippen molar-refractivity contribution in [3.05, 3.63) is 0 Å². The van der Waals surface area contributed by atoms with Gasteiger partial charge in [0.25, 0.3) is 0 Å². The van der Waals surface area contributed by atoms with Gasteiger partial charge in [-0.25, -0.2) is 0 Å². The molecule has 1 saturated heterocycles. The van der Waals surface area contributed by atoms with Crippen LogP contribution in [0.3, 0.4) is 0 Å². The van der Waals surface area contributed by atoms with Crippen LogP contribution < -0.4 is 0 Å². The fraction of sp³-hybridized carbons (Fsp3) is 1.00. The van der Waals surface area contributed by atoms with Crippen molar-refractivity contribution in [3.8, 4) is 0 Å². The second-order valence-electron chi connectivity index (χ2n) is 2.70. The summed E-state index contributed by atoms with van der Waals surface area (Å²) in [6.45, 7) is -0.433. The van der Waals surface area contributed by atoms with E-state index in [0.29, 0.717) is 0 Å². The third kappa shape index (κ3) is 2.04. The van der Waals surface area contributed by atoms with E-state index in [2.05, 4.69) is 0 Å². The molecule has 72 valence electrons. The van der Waals surface area contributed by atoms with Crippen LogP contribution >= 0.6 is 7.60 Å². The summed E-state index contributed by atoms with van der Waals surface area (Å²) in [5, 5.41) is 17.7. The van der Waals surface area contributed by atoms with E-state index in [1.165, 1.54) is 0 Å². The Kier molecular flexibility index (Phi) is 2.88. The lowest BCUT2D eigenvalue weighted by Gasteiger charge is -2.12. The Bertz CT molecular complexity index is 200. The summed E-state index contributed by atoms with van der Waals surface area (Å²) in [5.74, 6) is -1.27. The van der Waals surface area contributed by atoms with E-state index in [-0.39, 0.29) is 6.42 Å². The number of aliphatic hydroxyl groups is 2. The molecule has 0 aromatic heterocycles. The van der Waals surface area contributed by atoms with Crippen LogP contribution in [0, 0.1) is 0 Å². The Hall–Kier alpha value is 0.0300. The summed E-state index contributed by atoms with van der Waals surface area (Å²) in [7, 11) is -4.29.